The van der Waals surface area contributed by atoms with E-state index in [1.165, 1.54) is 12.1 Å². The van der Waals surface area contributed by atoms with Crippen LogP contribution in [0.15, 0.2) is 18.2 Å². The lowest BCUT2D eigenvalue weighted by atomic mass is 10.2. The minimum Gasteiger partial charge on any atom is -0.378 e. The molecule has 1 atom stereocenters. The molecule has 0 bridgehead atoms. The first-order chi connectivity index (χ1) is 8.06. The Hall–Kier alpha value is -2.18. The van der Waals surface area contributed by atoms with E-state index in [9.17, 15) is 19.3 Å². The number of nitro groups is 1. The van der Waals surface area contributed by atoms with Crippen molar-refractivity contribution in [1.29, 1.82) is 0 Å². The first kappa shape index (κ1) is 11.3. The fraction of sp³-hybridized carbons (Fsp3) is 0.300. The van der Waals surface area contributed by atoms with Crippen molar-refractivity contribution in [3.63, 3.8) is 0 Å². The zero-order chi connectivity index (χ0) is 12.4. The highest BCUT2D eigenvalue weighted by atomic mass is 19.1. The molecule has 0 aromatic heterocycles. The van der Waals surface area contributed by atoms with Gasteiger partial charge in [0.1, 0.15) is 0 Å². The number of nitrogens with zero attached hydrogens (tertiary/aromatic N) is 1. The van der Waals surface area contributed by atoms with Gasteiger partial charge in [-0.15, -0.1) is 0 Å². The summed E-state index contributed by atoms with van der Waals surface area (Å²) in [6.45, 7) is 0.426. The summed E-state index contributed by atoms with van der Waals surface area (Å²) in [5, 5.41) is 15.8. The first-order valence-electron chi connectivity index (χ1n) is 5.03. The minimum atomic E-state index is -0.696. The standard InChI is InChI=1S/C10H10FN3O3/c11-8-4-7(14(16)17)1-2-9(8)13-6-3-10(15)12-5-6/h1-2,4,6,13H,3,5H2,(H,12,15). The molecule has 1 aromatic rings. The lowest BCUT2D eigenvalue weighted by molar-refractivity contribution is -0.385. The molecule has 0 saturated carbocycles. The van der Waals surface area contributed by atoms with Crippen molar-refractivity contribution in [3.05, 3.63) is 34.1 Å². The molecule has 1 aliphatic heterocycles. The maximum absolute atomic E-state index is 13.5. The monoisotopic (exact) mass is 239 g/mol. The number of anilines is 1. The number of nitro benzene ring substituents is 1. The molecule has 6 nitrogen and oxygen atoms in total. The average molecular weight is 239 g/mol. The number of non-ortho nitro benzene ring substituents is 1. The van der Waals surface area contributed by atoms with Crippen LogP contribution in [0.5, 0.6) is 0 Å². The largest absolute Gasteiger partial charge is 0.378 e. The van der Waals surface area contributed by atoms with E-state index in [-0.39, 0.29) is 29.7 Å². The summed E-state index contributed by atoms with van der Waals surface area (Å²) in [6.07, 6.45) is 0.274. The van der Waals surface area contributed by atoms with Crippen LogP contribution in [0.1, 0.15) is 6.42 Å². The van der Waals surface area contributed by atoms with E-state index in [1.807, 2.05) is 0 Å². The molecule has 1 heterocycles. The lowest BCUT2D eigenvalue weighted by Gasteiger charge is -2.12. The van der Waals surface area contributed by atoms with Gasteiger partial charge in [-0.1, -0.05) is 0 Å². The summed E-state index contributed by atoms with van der Waals surface area (Å²) in [6, 6.07) is 3.19. The van der Waals surface area contributed by atoms with Crippen molar-refractivity contribution < 1.29 is 14.1 Å². The van der Waals surface area contributed by atoms with Crippen LogP contribution in [0.3, 0.4) is 0 Å². The molecular weight excluding hydrogens is 229 g/mol. The Morgan fingerprint density at radius 3 is 2.82 bits per heavy atom. The molecule has 2 rings (SSSR count). The zero-order valence-corrected chi connectivity index (χ0v) is 8.77. The topological polar surface area (TPSA) is 84.3 Å². The van der Waals surface area contributed by atoms with Crippen LogP contribution in [0, 0.1) is 15.9 Å². The van der Waals surface area contributed by atoms with Gasteiger partial charge in [0.2, 0.25) is 5.91 Å². The Morgan fingerprint density at radius 2 is 2.29 bits per heavy atom. The molecule has 1 aromatic carbocycles. The fourth-order valence-electron chi connectivity index (χ4n) is 1.66. The molecule has 0 spiro atoms. The van der Waals surface area contributed by atoms with Gasteiger partial charge >= 0.3 is 0 Å². The van der Waals surface area contributed by atoms with Gasteiger partial charge in [0.15, 0.2) is 5.82 Å². The van der Waals surface area contributed by atoms with Crippen molar-refractivity contribution in [3.8, 4) is 0 Å². The molecule has 1 saturated heterocycles. The van der Waals surface area contributed by atoms with E-state index in [0.29, 0.717) is 6.54 Å². The maximum atomic E-state index is 13.5. The molecule has 1 fully saturated rings. The molecule has 17 heavy (non-hydrogen) atoms. The van der Waals surface area contributed by atoms with Crippen LogP contribution < -0.4 is 10.6 Å². The second kappa shape index (κ2) is 4.36. The number of hydrogen-bond acceptors (Lipinski definition) is 4. The molecule has 1 aliphatic rings. The summed E-state index contributed by atoms with van der Waals surface area (Å²) in [5.74, 6) is -0.789. The molecule has 7 heteroatoms. The average Bonchev–Trinajstić information content (AvgIpc) is 2.67. The Morgan fingerprint density at radius 1 is 1.53 bits per heavy atom. The van der Waals surface area contributed by atoms with Crippen LogP contribution in [0.25, 0.3) is 0 Å². The lowest BCUT2D eigenvalue weighted by Crippen LogP contribution is -2.22. The molecule has 0 radical (unpaired) electrons. The summed E-state index contributed by atoms with van der Waals surface area (Å²) >= 11 is 0. The van der Waals surface area contributed by atoms with Gasteiger partial charge in [-0.3, -0.25) is 14.9 Å². The molecule has 1 unspecified atom stereocenters. The normalized spacial score (nSPS) is 18.9. The quantitative estimate of drug-likeness (QED) is 0.609. The van der Waals surface area contributed by atoms with E-state index in [0.717, 1.165) is 6.07 Å². The third-order valence-corrected chi connectivity index (χ3v) is 2.50. The molecule has 0 aliphatic carbocycles. The number of rotatable bonds is 3. The van der Waals surface area contributed by atoms with Gasteiger partial charge in [0.25, 0.3) is 5.69 Å². The number of carbonyl (C=O) groups is 1. The summed E-state index contributed by atoms with van der Waals surface area (Å²) in [5.41, 5.74) is -0.134. The summed E-state index contributed by atoms with van der Waals surface area (Å²) in [7, 11) is 0. The van der Waals surface area contributed by atoms with Crippen LogP contribution in [-0.2, 0) is 4.79 Å². The van der Waals surface area contributed by atoms with E-state index < -0.39 is 10.7 Å². The second-order valence-corrected chi connectivity index (χ2v) is 3.77. The number of hydrogen-bond donors (Lipinski definition) is 2. The minimum absolute atomic E-state index is 0.0928. The van der Waals surface area contributed by atoms with E-state index >= 15 is 0 Å². The molecule has 2 N–H and O–H groups in total. The van der Waals surface area contributed by atoms with Gasteiger partial charge in [0, 0.05) is 19.0 Å². The van der Waals surface area contributed by atoms with Crippen molar-refractivity contribution >= 4 is 17.3 Å². The van der Waals surface area contributed by atoms with Gasteiger partial charge in [-0.2, -0.15) is 0 Å². The maximum Gasteiger partial charge on any atom is 0.272 e. The second-order valence-electron chi connectivity index (χ2n) is 3.77. The molecule has 90 valence electrons. The Kier molecular flexibility index (Phi) is 2.90. The Bertz CT molecular complexity index is 478. The van der Waals surface area contributed by atoms with Gasteiger partial charge in [0.05, 0.1) is 22.7 Å². The van der Waals surface area contributed by atoms with Crippen LogP contribution >= 0.6 is 0 Å². The smallest absolute Gasteiger partial charge is 0.272 e. The highest BCUT2D eigenvalue weighted by Gasteiger charge is 2.22. The van der Waals surface area contributed by atoms with Gasteiger partial charge in [-0.25, -0.2) is 4.39 Å². The van der Waals surface area contributed by atoms with Crippen molar-refractivity contribution in [2.24, 2.45) is 0 Å². The number of nitrogens with one attached hydrogen (secondary N) is 2. The van der Waals surface area contributed by atoms with Crippen LogP contribution in [0.4, 0.5) is 15.8 Å². The van der Waals surface area contributed by atoms with Crippen molar-refractivity contribution in [2.75, 3.05) is 11.9 Å². The van der Waals surface area contributed by atoms with Crippen LogP contribution in [-0.4, -0.2) is 23.4 Å². The van der Waals surface area contributed by atoms with Gasteiger partial charge in [-0.05, 0) is 6.07 Å². The van der Waals surface area contributed by atoms with Crippen molar-refractivity contribution in [1.82, 2.24) is 5.32 Å². The number of benzene rings is 1. The van der Waals surface area contributed by atoms with E-state index in [4.69, 9.17) is 0 Å². The van der Waals surface area contributed by atoms with E-state index in [1.54, 1.807) is 0 Å². The Labute approximate surface area is 96.0 Å². The third-order valence-electron chi connectivity index (χ3n) is 2.50. The summed E-state index contributed by atoms with van der Waals surface area (Å²) in [4.78, 5) is 20.7. The van der Waals surface area contributed by atoms with Gasteiger partial charge < -0.3 is 10.6 Å². The number of halogens is 1. The van der Waals surface area contributed by atoms with E-state index in [2.05, 4.69) is 10.6 Å². The van der Waals surface area contributed by atoms with Crippen LogP contribution in [0.2, 0.25) is 0 Å². The highest BCUT2D eigenvalue weighted by Crippen LogP contribution is 2.21. The SMILES string of the molecule is O=C1CC(Nc2ccc([N+](=O)[O-])cc2F)CN1. The highest BCUT2D eigenvalue weighted by molar-refractivity contribution is 5.79. The number of amides is 1. The van der Waals surface area contributed by atoms with Crippen molar-refractivity contribution in [2.45, 2.75) is 12.5 Å². The molecule has 1 amide bonds. The fourth-order valence-corrected chi connectivity index (χ4v) is 1.66. The predicted octanol–water partition coefficient (Wildman–Crippen LogP) is 1.03. The Balaban J connectivity index is 2.11. The molecular formula is C10H10FN3O3. The number of carbonyl (C=O) groups excluding carboxylic acids is 1. The summed E-state index contributed by atoms with van der Waals surface area (Å²) < 4.78 is 13.5. The predicted molar refractivity (Wildman–Crippen MR) is 58.1 cm³/mol. The third kappa shape index (κ3) is 2.49. The first-order valence-corrected chi connectivity index (χ1v) is 5.03. The zero-order valence-electron chi connectivity index (χ0n) is 8.77.